The highest BCUT2D eigenvalue weighted by atomic mass is 16.2. The molecule has 1 aliphatic heterocycles. The summed E-state index contributed by atoms with van der Waals surface area (Å²) in [7, 11) is 7.00. The Kier molecular flexibility index (Phi) is 5.07. The lowest BCUT2D eigenvalue weighted by molar-refractivity contribution is 0.0746. The van der Waals surface area contributed by atoms with Crippen LogP contribution >= 0.6 is 0 Å². The van der Waals surface area contributed by atoms with E-state index in [1.807, 2.05) is 53.1 Å². The number of carbonyl (C=O) groups excluding carboxylic acids is 1. The molecule has 0 bridgehead atoms. The van der Waals surface area contributed by atoms with Gasteiger partial charge in [-0.25, -0.2) is 4.79 Å². The Hall–Kier alpha value is -3.03. The van der Waals surface area contributed by atoms with Crippen molar-refractivity contribution < 1.29 is 4.79 Å². The standard InChI is InChI=1S/C19H25N5O3/c1-20(2)15-7-5-6-14(12-15)18(26)24-10-8-23(9-11-24)16-13-17(25)22(4)19(27)21(16)3/h5-7,12-13H,8-11H2,1-4H3. The van der Waals surface area contributed by atoms with Crippen molar-refractivity contribution >= 4 is 17.4 Å². The van der Waals surface area contributed by atoms with Crippen molar-refractivity contribution in [1.82, 2.24) is 14.0 Å². The summed E-state index contributed by atoms with van der Waals surface area (Å²) in [5.41, 5.74) is 0.967. The molecule has 1 aromatic carbocycles. The molecule has 1 saturated heterocycles. The maximum Gasteiger partial charge on any atom is 0.332 e. The van der Waals surface area contributed by atoms with Gasteiger partial charge in [0.25, 0.3) is 11.5 Å². The zero-order valence-electron chi connectivity index (χ0n) is 16.2. The summed E-state index contributed by atoms with van der Waals surface area (Å²) in [6, 6.07) is 9.03. The second kappa shape index (κ2) is 7.30. The van der Waals surface area contributed by atoms with E-state index in [4.69, 9.17) is 0 Å². The van der Waals surface area contributed by atoms with Crippen LogP contribution in [0.5, 0.6) is 0 Å². The monoisotopic (exact) mass is 371 g/mol. The van der Waals surface area contributed by atoms with Crippen LogP contribution in [0.15, 0.2) is 39.9 Å². The van der Waals surface area contributed by atoms with Gasteiger partial charge in [0.2, 0.25) is 0 Å². The number of nitrogens with zero attached hydrogens (tertiary/aromatic N) is 5. The average molecular weight is 371 g/mol. The highest BCUT2D eigenvalue weighted by Crippen LogP contribution is 2.17. The van der Waals surface area contributed by atoms with E-state index in [0.717, 1.165) is 10.3 Å². The van der Waals surface area contributed by atoms with E-state index in [1.54, 1.807) is 7.05 Å². The Morgan fingerprint density at radius 3 is 2.26 bits per heavy atom. The normalized spacial score (nSPS) is 14.4. The average Bonchev–Trinajstić information content (AvgIpc) is 2.68. The van der Waals surface area contributed by atoms with Crippen molar-refractivity contribution in [2.45, 2.75) is 0 Å². The highest BCUT2D eigenvalue weighted by molar-refractivity contribution is 5.95. The third-order valence-corrected chi connectivity index (χ3v) is 5.00. The zero-order valence-corrected chi connectivity index (χ0v) is 16.2. The molecule has 8 heteroatoms. The molecular weight excluding hydrogens is 346 g/mol. The van der Waals surface area contributed by atoms with Gasteiger partial charge in [-0.3, -0.25) is 18.7 Å². The number of rotatable bonds is 3. The first-order valence-corrected chi connectivity index (χ1v) is 8.88. The fraction of sp³-hybridized carbons (Fsp3) is 0.421. The van der Waals surface area contributed by atoms with E-state index in [2.05, 4.69) is 0 Å². The van der Waals surface area contributed by atoms with Gasteiger partial charge in [0.15, 0.2) is 0 Å². The van der Waals surface area contributed by atoms with Gasteiger partial charge in [-0.05, 0) is 18.2 Å². The Balaban J connectivity index is 1.74. The van der Waals surface area contributed by atoms with Crippen molar-refractivity contribution in [2.75, 3.05) is 50.1 Å². The molecule has 2 aromatic rings. The maximum atomic E-state index is 12.8. The van der Waals surface area contributed by atoms with Crippen LogP contribution in [0.2, 0.25) is 0 Å². The van der Waals surface area contributed by atoms with E-state index < -0.39 is 0 Å². The van der Waals surface area contributed by atoms with E-state index in [-0.39, 0.29) is 17.2 Å². The molecule has 144 valence electrons. The van der Waals surface area contributed by atoms with Gasteiger partial charge in [0, 0.05) is 71.7 Å². The Labute approximate surface area is 157 Å². The lowest BCUT2D eigenvalue weighted by atomic mass is 10.1. The van der Waals surface area contributed by atoms with Crippen LogP contribution in [0.3, 0.4) is 0 Å². The molecule has 8 nitrogen and oxygen atoms in total. The molecule has 0 saturated carbocycles. The summed E-state index contributed by atoms with van der Waals surface area (Å²) in [6.07, 6.45) is 0. The number of anilines is 2. The molecule has 2 heterocycles. The summed E-state index contributed by atoms with van der Waals surface area (Å²) in [5.74, 6) is 0.584. The molecule has 1 aromatic heterocycles. The Morgan fingerprint density at radius 2 is 1.63 bits per heavy atom. The second-order valence-corrected chi connectivity index (χ2v) is 6.97. The predicted octanol–water partition coefficient (Wildman–Crippen LogP) is 0.112. The van der Waals surface area contributed by atoms with Gasteiger partial charge in [-0.1, -0.05) is 6.07 Å². The molecule has 27 heavy (non-hydrogen) atoms. The maximum absolute atomic E-state index is 12.8. The van der Waals surface area contributed by atoms with Crippen molar-refractivity contribution in [2.24, 2.45) is 14.1 Å². The van der Waals surface area contributed by atoms with Crippen LogP contribution in [0.25, 0.3) is 0 Å². The lowest BCUT2D eigenvalue weighted by Crippen LogP contribution is -2.51. The van der Waals surface area contributed by atoms with Crippen molar-refractivity contribution in [1.29, 1.82) is 0 Å². The van der Waals surface area contributed by atoms with Crippen LogP contribution in [0, 0.1) is 0 Å². The summed E-state index contributed by atoms with van der Waals surface area (Å²) in [4.78, 5) is 42.6. The van der Waals surface area contributed by atoms with Crippen LogP contribution in [0.1, 0.15) is 10.4 Å². The topological polar surface area (TPSA) is 70.8 Å². The van der Waals surface area contributed by atoms with Crippen molar-refractivity contribution in [3.63, 3.8) is 0 Å². The van der Waals surface area contributed by atoms with E-state index in [9.17, 15) is 14.4 Å². The quantitative estimate of drug-likeness (QED) is 0.766. The zero-order chi connectivity index (χ0) is 19.7. The molecule has 1 amide bonds. The smallest absolute Gasteiger partial charge is 0.332 e. The number of carbonyl (C=O) groups is 1. The first kappa shape index (κ1) is 18.8. The number of hydrogen-bond acceptors (Lipinski definition) is 5. The number of amides is 1. The summed E-state index contributed by atoms with van der Waals surface area (Å²) in [6.45, 7) is 2.21. The largest absolute Gasteiger partial charge is 0.378 e. The third-order valence-electron chi connectivity index (χ3n) is 5.00. The molecule has 0 spiro atoms. The fourth-order valence-electron chi connectivity index (χ4n) is 3.26. The van der Waals surface area contributed by atoms with Crippen LogP contribution in [-0.4, -0.2) is 60.2 Å². The minimum atomic E-state index is -0.350. The molecule has 1 aliphatic rings. The van der Waals surface area contributed by atoms with E-state index in [0.29, 0.717) is 37.6 Å². The van der Waals surface area contributed by atoms with Gasteiger partial charge in [-0.15, -0.1) is 0 Å². The summed E-state index contributed by atoms with van der Waals surface area (Å²) in [5, 5.41) is 0. The minimum Gasteiger partial charge on any atom is -0.378 e. The molecule has 1 fully saturated rings. The molecule has 0 atom stereocenters. The van der Waals surface area contributed by atoms with E-state index in [1.165, 1.54) is 17.7 Å². The number of benzene rings is 1. The van der Waals surface area contributed by atoms with E-state index >= 15 is 0 Å². The van der Waals surface area contributed by atoms with Crippen LogP contribution in [-0.2, 0) is 14.1 Å². The van der Waals surface area contributed by atoms with Gasteiger partial charge >= 0.3 is 5.69 Å². The molecular formula is C19H25N5O3. The van der Waals surface area contributed by atoms with Gasteiger partial charge in [0.1, 0.15) is 5.82 Å². The van der Waals surface area contributed by atoms with Crippen molar-refractivity contribution in [3.8, 4) is 0 Å². The second-order valence-electron chi connectivity index (χ2n) is 6.97. The van der Waals surface area contributed by atoms with Crippen LogP contribution in [0.4, 0.5) is 11.5 Å². The minimum absolute atomic E-state index is 0.00351. The Bertz CT molecular complexity index is 968. The predicted molar refractivity (Wildman–Crippen MR) is 106 cm³/mol. The molecule has 0 aliphatic carbocycles. The molecule has 0 N–H and O–H groups in total. The van der Waals surface area contributed by atoms with Crippen LogP contribution < -0.4 is 21.0 Å². The first-order chi connectivity index (χ1) is 12.8. The van der Waals surface area contributed by atoms with Gasteiger partial charge in [-0.2, -0.15) is 0 Å². The summed E-state index contributed by atoms with van der Waals surface area (Å²) >= 11 is 0. The fourth-order valence-corrected chi connectivity index (χ4v) is 3.26. The molecule has 3 rings (SSSR count). The first-order valence-electron chi connectivity index (χ1n) is 8.88. The lowest BCUT2D eigenvalue weighted by Gasteiger charge is -2.36. The van der Waals surface area contributed by atoms with Crippen molar-refractivity contribution in [3.05, 3.63) is 56.7 Å². The van der Waals surface area contributed by atoms with Gasteiger partial charge in [0.05, 0.1) is 0 Å². The number of aromatic nitrogens is 2. The molecule has 0 unspecified atom stereocenters. The number of hydrogen-bond donors (Lipinski definition) is 0. The van der Waals surface area contributed by atoms with Gasteiger partial charge < -0.3 is 14.7 Å². The number of piperazine rings is 1. The third kappa shape index (κ3) is 3.60. The SMILES string of the molecule is CN(C)c1cccc(C(=O)N2CCN(c3cc(=O)n(C)c(=O)n3C)CC2)c1. The summed E-state index contributed by atoms with van der Waals surface area (Å²) < 4.78 is 2.56. The molecule has 0 radical (unpaired) electrons. The highest BCUT2D eigenvalue weighted by Gasteiger charge is 2.24. The Morgan fingerprint density at radius 1 is 0.963 bits per heavy atom.